The van der Waals surface area contributed by atoms with E-state index in [4.69, 9.17) is 9.97 Å². The van der Waals surface area contributed by atoms with Crippen LogP contribution in [0, 0.1) is 0 Å². The normalized spacial score (nSPS) is 11.2. The maximum absolute atomic E-state index is 11.0. The van der Waals surface area contributed by atoms with Crippen molar-refractivity contribution in [3.63, 3.8) is 0 Å². The molecule has 5 aromatic rings. The Labute approximate surface area is 191 Å². The molecule has 2 aromatic heterocycles. The van der Waals surface area contributed by atoms with Crippen molar-refractivity contribution in [1.82, 2.24) is 14.4 Å². The molecule has 3 N–H and O–H groups in total. The van der Waals surface area contributed by atoms with Crippen molar-refractivity contribution in [2.75, 3.05) is 0 Å². The second-order valence-electron chi connectivity index (χ2n) is 8.02. The van der Waals surface area contributed by atoms with Gasteiger partial charge >= 0.3 is 0 Å². The Kier molecular flexibility index (Phi) is 5.40. The minimum absolute atomic E-state index is 0.0708. The predicted molar refractivity (Wildman–Crippen MR) is 127 cm³/mol. The lowest BCUT2D eigenvalue weighted by molar-refractivity contribution is 0.442. The molecule has 0 aliphatic carbocycles. The Morgan fingerprint density at radius 1 is 0.636 bits per heavy atom. The van der Waals surface area contributed by atoms with Crippen LogP contribution in [-0.4, -0.2) is 29.7 Å². The van der Waals surface area contributed by atoms with Crippen LogP contribution in [0.4, 0.5) is 0 Å². The summed E-state index contributed by atoms with van der Waals surface area (Å²) in [5, 5.41) is 30.2. The molecule has 3 aromatic carbocycles. The van der Waals surface area contributed by atoms with Crippen molar-refractivity contribution >= 4 is 5.65 Å². The average molecular weight is 437 g/mol. The number of aromatic hydroxyl groups is 3. The van der Waals surface area contributed by atoms with Gasteiger partial charge in [-0.3, -0.25) is 4.40 Å². The molecule has 6 heteroatoms. The number of nitrogens with zero attached hydrogens (tertiary/aromatic N) is 3. The van der Waals surface area contributed by atoms with Gasteiger partial charge in [0.05, 0.1) is 11.4 Å². The maximum Gasteiger partial charge on any atom is 0.219 e. The first-order valence-corrected chi connectivity index (χ1v) is 10.8. The molecule has 33 heavy (non-hydrogen) atoms. The third-order valence-corrected chi connectivity index (χ3v) is 5.68. The molecule has 164 valence electrons. The fourth-order valence-corrected chi connectivity index (χ4v) is 3.92. The lowest BCUT2D eigenvalue weighted by Gasteiger charge is -2.08. The summed E-state index contributed by atoms with van der Waals surface area (Å²) in [6.07, 6.45) is 3.66. The van der Waals surface area contributed by atoms with Crippen LogP contribution >= 0.6 is 0 Å². The van der Waals surface area contributed by atoms with Gasteiger partial charge < -0.3 is 15.3 Å². The molecule has 2 heterocycles. The number of benzene rings is 3. The molecule has 0 atom stereocenters. The minimum Gasteiger partial charge on any atom is -0.508 e. The highest BCUT2D eigenvalue weighted by Gasteiger charge is 2.18. The molecular weight excluding hydrogens is 414 g/mol. The molecule has 0 saturated carbocycles. The molecule has 5 rings (SSSR count). The van der Waals surface area contributed by atoms with Crippen LogP contribution in [-0.2, 0) is 19.3 Å². The first-order chi connectivity index (χ1) is 16.1. The van der Waals surface area contributed by atoms with Crippen molar-refractivity contribution < 1.29 is 15.3 Å². The monoisotopic (exact) mass is 437 g/mol. The van der Waals surface area contributed by atoms with Crippen LogP contribution in [0.15, 0.2) is 85.1 Å². The molecule has 0 bridgehead atoms. The number of fused-ring (bicyclic) bond motifs is 1. The van der Waals surface area contributed by atoms with Crippen LogP contribution in [0.1, 0.15) is 22.5 Å². The SMILES string of the molecule is Oc1ccc(Cc2nc3c(CCc4ccccc4)nc(-c4ccc(O)cc4)cn3c2O)cc1. The van der Waals surface area contributed by atoms with E-state index in [9.17, 15) is 15.3 Å². The zero-order valence-electron chi connectivity index (χ0n) is 17.9. The van der Waals surface area contributed by atoms with E-state index in [1.165, 1.54) is 5.56 Å². The molecule has 0 amide bonds. The van der Waals surface area contributed by atoms with Crippen LogP contribution < -0.4 is 0 Å². The summed E-state index contributed by atoms with van der Waals surface area (Å²) >= 11 is 0. The smallest absolute Gasteiger partial charge is 0.219 e. The van der Waals surface area contributed by atoms with Crippen LogP contribution in [0.3, 0.4) is 0 Å². The number of hydrogen-bond donors (Lipinski definition) is 3. The number of aromatic nitrogens is 3. The predicted octanol–water partition coefficient (Wildman–Crippen LogP) is 4.89. The summed E-state index contributed by atoms with van der Waals surface area (Å²) in [6, 6.07) is 23.9. The lowest BCUT2D eigenvalue weighted by atomic mass is 10.1. The molecule has 0 fully saturated rings. The zero-order valence-corrected chi connectivity index (χ0v) is 17.9. The van der Waals surface area contributed by atoms with Gasteiger partial charge in [0, 0.05) is 18.2 Å². The summed E-state index contributed by atoms with van der Waals surface area (Å²) in [4.78, 5) is 9.62. The first kappa shape index (κ1) is 20.6. The van der Waals surface area contributed by atoms with Crippen LogP contribution in [0.5, 0.6) is 17.4 Å². The van der Waals surface area contributed by atoms with Crippen molar-refractivity contribution in [2.45, 2.75) is 19.3 Å². The minimum atomic E-state index is 0.0708. The fraction of sp³-hybridized carbons (Fsp3) is 0.111. The Hall–Kier alpha value is -4.32. The zero-order chi connectivity index (χ0) is 22.8. The van der Waals surface area contributed by atoms with Crippen molar-refractivity contribution in [1.29, 1.82) is 0 Å². The van der Waals surface area contributed by atoms with Gasteiger partial charge in [0.15, 0.2) is 5.65 Å². The number of phenolic OH excluding ortho intramolecular Hbond substituents is 2. The summed E-state index contributed by atoms with van der Waals surface area (Å²) in [7, 11) is 0. The number of phenols is 2. The third-order valence-electron chi connectivity index (χ3n) is 5.68. The first-order valence-electron chi connectivity index (χ1n) is 10.8. The van der Waals surface area contributed by atoms with Gasteiger partial charge in [0.2, 0.25) is 5.88 Å². The lowest BCUT2D eigenvalue weighted by Crippen LogP contribution is -2.01. The average Bonchev–Trinajstić information content (AvgIpc) is 3.15. The molecular formula is C27H23N3O3. The van der Waals surface area contributed by atoms with Crippen molar-refractivity contribution in [2.24, 2.45) is 0 Å². The highest BCUT2D eigenvalue weighted by molar-refractivity contribution is 5.63. The summed E-state index contributed by atoms with van der Waals surface area (Å²) < 4.78 is 1.69. The van der Waals surface area contributed by atoms with Crippen molar-refractivity contribution in [3.05, 3.63) is 108 Å². The largest absolute Gasteiger partial charge is 0.508 e. The quantitative estimate of drug-likeness (QED) is 0.352. The van der Waals surface area contributed by atoms with E-state index in [0.29, 0.717) is 29.9 Å². The maximum atomic E-state index is 11.0. The van der Waals surface area contributed by atoms with E-state index in [0.717, 1.165) is 23.2 Å². The number of aryl methyl sites for hydroxylation is 2. The van der Waals surface area contributed by atoms with Gasteiger partial charge in [-0.05, 0) is 60.4 Å². The highest BCUT2D eigenvalue weighted by atomic mass is 16.3. The summed E-state index contributed by atoms with van der Waals surface area (Å²) in [6.45, 7) is 0. The van der Waals surface area contributed by atoms with Gasteiger partial charge in [0.1, 0.15) is 17.2 Å². The van der Waals surface area contributed by atoms with E-state index in [2.05, 4.69) is 12.1 Å². The second kappa shape index (κ2) is 8.67. The Balaban J connectivity index is 1.58. The number of hydrogen-bond acceptors (Lipinski definition) is 5. The van der Waals surface area contributed by atoms with Gasteiger partial charge in [0.25, 0.3) is 0 Å². The number of rotatable bonds is 6. The number of imidazole rings is 1. The van der Waals surface area contributed by atoms with Crippen LogP contribution in [0.2, 0.25) is 0 Å². The highest BCUT2D eigenvalue weighted by Crippen LogP contribution is 2.28. The second-order valence-corrected chi connectivity index (χ2v) is 8.02. The molecule has 0 spiro atoms. The van der Waals surface area contributed by atoms with Gasteiger partial charge in [-0.1, -0.05) is 42.5 Å². The molecule has 0 radical (unpaired) electrons. The van der Waals surface area contributed by atoms with E-state index in [1.54, 1.807) is 47.0 Å². The van der Waals surface area contributed by atoms with E-state index in [1.807, 2.05) is 30.3 Å². The van der Waals surface area contributed by atoms with Crippen molar-refractivity contribution in [3.8, 4) is 28.6 Å². The molecule has 0 aliphatic rings. The Bertz CT molecular complexity index is 1390. The standard InChI is InChI=1S/C27H23N3O3/c31-21-11-6-19(7-12-21)16-24-27(33)30-17-25(20-9-13-22(32)14-10-20)28-23(26(30)29-24)15-8-18-4-2-1-3-5-18/h1-7,9-14,17,31-33H,8,15-16H2. The Morgan fingerprint density at radius 2 is 1.30 bits per heavy atom. The van der Waals surface area contributed by atoms with E-state index < -0.39 is 0 Å². The summed E-state index contributed by atoms with van der Waals surface area (Å²) in [5.74, 6) is 0.455. The summed E-state index contributed by atoms with van der Waals surface area (Å²) in [5.41, 5.74) is 5.62. The topological polar surface area (TPSA) is 90.9 Å². The van der Waals surface area contributed by atoms with E-state index >= 15 is 0 Å². The Morgan fingerprint density at radius 3 is 2.00 bits per heavy atom. The molecule has 0 unspecified atom stereocenters. The van der Waals surface area contributed by atoms with Gasteiger partial charge in [-0.15, -0.1) is 0 Å². The molecule has 0 aliphatic heterocycles. The molecule has 6 nitrogen and oxygen atoms in total. The van der Waals surface area contributed by atoms with E-state index in [-0.39, 0.29) is 17.4 Å². The van der Waals surface area contributed by atoms with Gasteiger partial charge in [-0.2, -0.15) is 0 Å². The third kappa shape index (κ3) is 4.36. The fourth-order valence-electron chi connectivity index (χ4n) is 3.92. The molecule has 0 saturated heterocycles. The van der Waals surface area contributed by atoms with Gasteiger partial charge in [-0.25, -0.2) is 9.97 Å². The van der Waals surface area contributed by atoms with Crippen LogP contribution in [0.25, 0.3) is 16.9 Å².